The highest BCUT2D eigenvalue weighted by Crippen LogP contribution is 2.15. The Balaban J connectivity index is 1.65. The molecule has 0 fully saturated rings. The molecule has 0 heterocycles. The van der Waals surface area contributed by atoms with Crippen LogP contribution in [0.3, 0.4) is 0 Å². The van der Waals surface area contributed by atoms with E-state index in [1.165, 1.54) is 0 Å². The first-order valence-electron chi connectivity index (χ1n) is 8.41. The number of hydrazine groups is 1. The quantitative estimate of drug-likeness (QED) is 0.389. The fourth-order valence-electron chi connectivity index (χ4n) is 2.15. The molecule has 7 nitrogen and oxygen atoms in total. The SMILES string of the molecule is O=C(CCC(=O)NNC(=S)NC(=O)c1ccccc1Br)NCc1ccccc1. The molecule has 2 aromatic rings. The minimum absolute atomic E-state index is 0.0194. The van der Waals surface area contributed by atoms with Crippen LogP contribution in [-0.4, -0.2) is 22.8 Å². The van der Waals surface area contributed by atoms with Gasteiger partial charge in [-0.15, -0.1) is 0 Å². The van der Waals surface area contributed by atoms with E-state index in [1.54, 1.807) is 24.3 Å². The first kappa shape index (κ1) is 21.5. The molecule has 0 saturated heterocycles. The number of benzene rings is 2. The number of carbonyl (C=O) groups excluding carboxylic acids is 3. The van der Waals surface area contributed by atoms with E-state index in [9.17, 15) is 14.4 Å². The van der Waals surface area contributed by atoms with Crippen LogP contribution >= 0.6 is 28.1 Å². The number of rotatable bonds is 6. The minimum atomic E-state index is -0.424. The highest BCUT2D eigenvalue weighted by atomic mass is 79.9. The minimum Gasteiger partial charge on any atom is -0.352 e. The topological polar surface area (TPSA) is 99.3 Å². The first-order valence-corrected chi connectivity index (χ1v) is 9.61. The van der Waals surface area contributed by atoms with Gasteiger partial charge in [-0.3, -0.25) is 30.6 Å². The van der Waals surface area contributed by atoms with Gasteiger partial charge in [0, 0.05) is 23.9 Å². The third kappa shape index (κ3) is 7.45. The maximum absolute atomic E-state index is 12.1. The maximum Gasteiger partial charge on any atom is 0.258 e. The third-order valence-corrected chi connectivity index (χ3v) is 4.47. The van der Waals surface area contributed by atoms with Crippen LogP contribution in [0.15, 0.2) is 59.1 Å². The van der Waals surface area contributed by atoms with E-state index in [0.29, 0.717) is 16.6 Å². The molecule has 0 atom stereocenters. The summed E-state index contributed by atoms with van der Waals surface area (Å²) in [6, 6.07) is 16.4. The Labute approximate surface area is 176 Å². The van der Waals surface area contributed by atoms with E-state index >= 15 is 0 Å². The van der Waals surface area contributed by atoms with Gasteiger partial charge in [0.15, 0.2) is 5.11 Å². The second-order valence-electron chi connectivity index (χ2n) is 5.70. The van der Waals surface area contributed by atoms with Crippen molar-refractivity contribution in [2.75, 3.05) is 0 Å². The fraction of sp³-hybridized carbons (Fsp3) is 0.158. The van der Waals surface area contributed by atoms with E-state index in [2.05, 4.69) is 37.4 Å². The summed E-state index contributed by atoms with van der Waals surface area (Å²) < 4.78 is 0.626. The lowest BCUT2D eigenvalue weighted by Gasteiger charge is -2.11. The van der Waals surface area contributed by atoms with Gasteiger partial charge in [0.1, 0.15) is 0 Å². The predicted octanol–water partition coefficient (Wildman–Crippen LogP) is 2.18. The van der Waals surface area contributed by atoms with E-state index in [4.69, 9.17) is 12.2 Å². The number of hydrogen-bond acceptors (Lipinski definition) is 4. The van der Waals surface area contributed by atoms with Crippen LogP contribution in [0.5, 0.6) is 0 Å². The Kier molecular flexibility index (Phi) is 8.57. The molecule has 0 aliphatic carbocycles. The lowest BCUT2D eigenvalue weighted by Crippen LogP contribution is -2.48. The summed E-state index contributed by atoms with van der Waals surface area (Å²) in [4.78, 5) is 35.7. The lowest BCUT2D eigenvalue weighted by molar-refractivity contribution is -0.126. The molecule has 0 aromatic heterocycles. The standard InChI is InChI=1S/C19H19BrN4O3S/c20-15-9-5-4-8-14(15)18(27)22-19(28)24-23-17(26)11-10-16(25)21-12-13-6-2-1-3-7-13/h1-9H,10-12H2,(H,21,25)(H,23,26)(H2,22,24,27,28). The largest absolute Gasteiger partial charge is 0.352 e. The zero-order valence-electron chi connectivity index (χ0n) is 14.8. The van der Waals surface area contributed by atoms with E-state index in [1.807, 2.05) is 30.3 Å². The van der Waals surface area contributed by atoms with Gasteiger partial charge in [-0.1, -0.05) is 42.5 Å². The van der Waals surface area contributed by atoms with Crippen LogP contribution in [0.2, 0.25) is 0 Å². The summed E-state index contributed by atoms with van der Waals surface area (Å²) in [6.45, 7) is 0.407. The van der Waals surface area contributed by atoms with Gasteiger partial charge in [-0.05, 0) is 45.8 Å². The van der Waals surface area contributed by atoms with Crippen LogP contribution in [-0.2, 0) is 16.1 Å². The van der Waals surface area contributed by atoms with Gasteiger partial charge in [0.2, 0.25) is 11.8 Å². The molecule has 28 heavy (non-hydrogen) atoms. The Morgan fingerprint density at radius 3 is 2.21 bits per heavy atom. The molecule has 146 valence electrons. The molecule has 0 aliphatic rings. The van der Waals surface area contributed by atoms with E-state index in [-0.39, 0.29) is 23.9 Å². The molecule has 3 amide bonds. The number of thiocarbonyl (C=S) groups is 1. The van der Waals surface area contributed by atoms with Gasteiger partial charge in [-0.25, -0.2) is 0 Å². The number of halogens is 1. The predicted molar refractivity (Wildman–Crippen MR) is 113 cm³/mol. The average molecular weight is 463 g/mol. The van der Waals surface area contributed by atoms with Gasteiger partial charge >= 0.3 is 0 Å². The van der Waals surface area contributed by atoms with Crippen LogP contribution in [0.25, 0.3) is 0 Å². The highest BCUT2D eigenvalue weighted by molar-refractivity contribution is 9.10. The highest BCUT2D eigenvalue weighted by Gasteiger charge is 2.12. The molecule has 0 bridgehead atoms. The summed E-state index contributed by atoms with van der Waals surface area (Å²) in [5.74, 6) is -1.07. The smallest absolute Gasteiger partial charge is 0.258 e. The van der Waals surface area contributed by atoms with Crippen molar-refractivity contribution in [2.24, 2.45) is 0 Å². The molecule has 2 rings (SSSR count). The first-order chi connectivity index (χ1) is 13.5. The summed E-state index contributed by atoms with van der Waals surface area (Å²) in [5, 5.41) is 5.14. The normalized spacial score (nSPS) is 9.89. The van der Waals surface area contributed by atoms with Gasteiger partial charge in [0.25, 0.3) is 5.91 Å². The molecule has 0 saturated carbocycles. The number of carbonyl (C=O) groups is 3. The Hall–Kier alpha value is -2.78. The molecular weight excluding hydrogens is 444 g/mol. The number of amides is 3. The summed E-state index contributed by atoms with van der Waals surface area (Å²) >= 11 is 8.25. The zero-order chi connectivity index (χ0) is 20.4. The van der Waals surface area contributed by atoms with Crippen molar-refractivity contribution in [2.45, 2.75) is 19.4 Å². The monoisotopic (exact) mass is 462 g/mol. The summed E-state index contributed by atoms with van der Waals surface area (Å²) in [6.07, 6.45) is 0.0187. The van der Waals surface area contributed by atoms with Gasteiger partial charge in [0.05, 0.1) is 5.56 Å². The molecule has 0 unspecified atom stereocenters. The van der Waals surface area contributed by atoms with Gasteiger partial charge in [-0.2, -0.15) is 0 Å². The molecule has 9 heteroatoms. The Bertz CT molecular complexity index is 861. The van der Waals surface area contributed by atoms with Crippen molar-refractivity contribution < 1.29 is 14.4 Å². The Morgan fingerprint density at radius 2 is 1.50 bits per heavy atom. The van der Waals surface area contributed by atoms with Gasteiger partial charge < -0.3 is 5.32 Å². The molecule has 4 N–H and O–H groups in total. The van der Waals surface area contributed by atoms with Crippen molar-refractivity contribution in [3.8, 4) is 0 Å². The van der Waals surface area contributed by atoms with Crippen molar-refractivity contribution in [1.29, 1.82) is 0 Å². The molecule has 0 radical (unpaired) electrons. The zero-order valence-corrected chi connectivity index (χ0v) is 17.2. The molecule has 0 spiro atoms. The lowest BCUT2D eigenvalue weighted by atomic mass is 10.2. The van der Waals surface area contributed by atoms with Crippen molar-refractivity contribution in [3.05, 3.63) is 70.2 Å². The number of nitrogens with one attached hydrogen (secondary N) is 4. The summed E-state index contributed by atoms with van der Waals surface area (Å²) in [5.41, 5.74) is 6.17. The second-order valence-corrected chi connectivity index (χ2v) is 6.96. The third-order valence-electron chi connectivity index (χ3n) is 3.57. The van der Waals surface area contributed by atoms with E-state index in [0.717, 1.165) is 5.56 Å². The fourth-order valence-corrected chi connectivity index (χ4v) is 2.76. The average Bonchev–Trinajstić information content (AvgIpc) is 2.70. The Morgan fingerprint density at radius 1 is 0.857 bits per heavy atom. The van der Waals surface area contributed by atoms with Crippen LogP contribution in [0.4, 0.5) is 0 Å². The second kappa shape index (κ2) is 11.2. The maximum atomic E-state index is 12.1. The van der Waals surface area contributed by atoms with Crippen molar-refractivity contribution in [3.63, 3.8) is 0 Å². The molecular formula is C19H19BrN4O3S. The van der Waals surface area contributed by atoms with Crippen molar-refractivity contribution >= 4 is 51.0 Å². The molecule has 2 aromatic carbocycles. The van der Waals surface area contributed by atoms with Crippen LogP contribution in [0.1, 0.15) is 28.8 Å². The van der Waals surface area contributed by atoms with E-state index < -0.39 is 11.8 Å². The number of hydrogen-bond donors (Lipinski definition) is 4. The van der Waals surface area contributed by atoms with Crippen LogP contribution < -0.4 is 21.5 Å². The van der Waals surface area contributed by atoms with Crippen LogP contribution in [0, 0.1) is 0 Å². The van der Waals surface area contributed by atoms with Crippen molar-refractivity contribution in [1.82, 2.24) is 21.5 Å². The molecule has 0 aliphatic heterocycles. The summed E-state index contributed by atoms with van der Waals surface area (Å²) in [7, 11) is 0.